The van der Waals surface area contributed by atoms with Crippen LogP contribution in [-0.4, -0.2) is 67.7 Å². The van der Waals surface area contributed by atoms with E-state index >= 15 is 0 Å². The minimum atomic E-state index is -5.54. The van der Waals surface area contributed by atoms with Crippen LogP contribution in [0.1, 0.15) is 43.6 Å². The van der Waals surface area contributed by atoms with Crippen LogP contribution < -0.4 is 9.46 Å². The monoisotopic (exact) mass is 463 g/mol. The van der Waals surface area contributed by atoms with Crippen LogP contribution in [0.4, 0.5) is 13.2 Å². The third-order valence-electron chi connectivity index (χ3n) is 6.23. The van der Waals surface area contributed by atoms with Crippen molar-refractivity contribution < 1.29 is 35.9 Å². The van der Waals surface area contributed by atoms with Gasteiger partial charge in [-0.1, -0.05) is 6.07 Å². The molecule has 3 aliphatic heterocycles. The molecule has 31 heavy (non-hydrogen) atoms. The topological polar surface area (TPSA) is 97.8 Å². The van der Waals surface area contributed by atoms with Gasteiger partial charge in [-0.3, -0.25) is 4.79 Å². The van der Waals surface area contributed by atoms with Gasteiger partial charge in [0.15, 0.2) is 6.61 Å². The molecule has 1 aliphatic carbocycles. The molecule has 4 heterocycles. The van der Waals surface area contributed by atoms with Crippen molar-refractivity contribution in [2.45, 2.75) is 61.7 Å². The number of carbonyl (C=O) groups is 1. The number of hydrogen-bond donors (Lipinski definition) is 1. The Kier molecular flexibility index (Phi) is 6.14. The van der Waals surface area contributed by atoms with Gasteiger partial charge < -0.3 is 14.4 Å². The summed E-state index contributed by atoms with van der Waals surface area (Å²) < 4.78 is 75.3. The molecule has 0 spiro atoms. The van der Waals surface area contributed by atoms with Crippen molar-refractivity contribution in [1.82, 2.24) is 14.6 Å². The first-order valence-corrected chi connectivity index (χ1v) is 11.7. The number of rotatable bonds is 2. The number of nitrogens with one attached hydrogen (secondary N) is 1. The quantitative estimate of drug-likeness (QED) is 0.720. The van der Waals surface area contributed by atoms with Gasteiger partial charge >= 0.3 is 15.5 Å². The third kappa shape index (κ3) is 4.65. The Balaban J connectivity index is 1.58. The standard InChI is InChI=1S/C19H24F3N3O5S/c20-19(21,22)31(27,28)24-15-7-9-25-16(15)10-29-13-5-3-12(4-6-13)14-2-1-8-23-18(14)30-11-17(25)26/h1-2,8,12-13,15-16,24H,3-7,9-11H2/t12-,13+,15-,16-/m0/s1. The van der Waals surface area contributed by atoms with Crippen LogP contribution in [-0.2, 0) is 19.6 Å². The number of nitrogens with zero attached hydrogens (tertiary/aromatic N) is 2. The number of hydrogen-bond acceptors (Lipinski definition) is 6. The van der Waals surface area contributed by atoms with Crippen LogP contribution in [0.2, 0.25) is 0 Å². The summed E-state index contributed by atoms with van der Waals surface area (Å²) >= 11 is 0. The summed E-state index contributed by atoms with van der Waals surface area (Å²) in [5.41, 5.74) is -4.49. The van der Waals surface area contributed by atoms with E-state index in [0.29, 0.717) is 5.88 Å². The molecule has 12 heteroatoms. The number of sulfonamides is 1. The number of halogens is 3. The fraction of sp³-hybridized carbons (Fsp3) is 0.684. The second kappa shape index (κ2) is 8.55. The lowest BCUT2D eigenvalue weighted by atomic mass is 9.83. The lowest BCUT2D eigenvalue weighted by Crippen LogP contribution is -2.52. The molecule has 2 fully saturated rings. The van der Waals surface area contributed by atoms with Crippen molar-refractivity contribution in [3.63, 3.8) is 0 Å². The molecule has 1 saturated heterocycles. The van der Waals surface area contributed by atoms with Crippen molar-refractivity contribution in [1.29, 1.82) is 0 Å². The highest BCUT2D eigenvalue weighted by Gasteiger charge is 2.50. The molecule has 4 aliphatic rings. The van der Waals surface area contributed by atoms with Gasteiger partial charge in [0.2, 0.25) is 5.88 Å². The maximum Gasteiger partial charge on any atom is 0.511 e. The largest absolute Gasteiger partial charge is 0.511 e. The van der Waals surface area contributed by atoms with E-state index in [-0.39, 0.29) is 38.2 Å². The van der Waals surface area contributed by atoms with Gasteiger partial charge in [-0.15, -0.1) is 0 Å². The summed E-state index contributed by atoms with van der Waals surface area (Å²) in [4.78, 5) is 18.4. The number of amides is 1. The molecule has 8 nitrogen and oxygen atoms in total. The molecule has 2 atom stereocenters. The lowest BCUT2D eigenvalue weighted by Gasteiger charge is -2.32. The molecule has 1 aromatic rings. The number of carbonyl (C=O) groups excluding carboxylic acids is 1. The highest BCUT2D eigenvalue weighted by Crippen LogP contribution is 2.38. The van der Waals surface area contributed by atoms with Gasteiger partial charge in [0.1, 0.15) is 0 Å². The van der Waals surface area contributed by atoms with E-state index in [4.69, 9.17) is 9.47 Å². The highest BCUT2D eigenvalue weighted by molar-refractivity contribution is 7.90. The Morgan fingerprint density at radius 1 is 1.16 bits per heavy atom. The maximum absolute atomic E-state index is 12.9. The molecule has 1 N–H and O–H groups in total. The van der Waals surface area contributed by atoms with Crippen LogP contribution in [0.3, 0.4) is 0 Å². The first-order valence-electron chi connectivity index (χ1n) is 10.2. The predicted molar refractivity (Wildman–Crippen MR) is 103 cm³/mol. The zero-order valence-corrected chi connectivity index (χ0v) is 17.5. The minimum Gasteiger partial charge on any atom is -0.467 e. The second-order valence-electron chi connectivity index (χ2n) is 8.11. The fourth-order valence-electron chi connectivity index (χ4n) is 4.60. The average molecular weight is 463 g/mol. The van der Waals surface area contributed by atoms with Gasteiger partial charge in [-0.25, -0.2) is 18.1 Å². The summed E-state index contributed by atoms with van der Waals surface area (Å²) in [6, 6.07) is 1.80. The Hall–Kier alpha value is -1.92. The second-order valence-corrected chi connectivity index (χ2v) is 9.82. The fourth-order valence-corrected chi connectivity index (χ4v) is 5.40. The van der Waals surface area contributed by atoms with Gasteiger partial charge in [-0.05, 0) is 44.1 Å². The number of alkyl halides is 3. The Bertz CT molecular complexity index is 919. The zero-order valence-electron chi connectivity index (χ0n) is 16.7. The molecular weight excluding hydrogens is 439 g/mol. The molecule has 1 amide bonds. The summed E-state index contributed by atoms with van der Waals surface area (Å²) in [7, 11) is -5.54. The molecule has 1 aromatic heterocycles. The van der Waals surface area contributed by atoms with Crippen molar-refractivity contribution in [2.24, 2.45) is 0 Å². The Labute approximate surface area is 178 Å². The van der Waals surface area contributed by atoms with Gasteiger partial charge in [-0.2, -0.15) is 13.2 Å². The third-order valence-corrected chi connectivity index (χ3v) is 7.45. The highest BCUT2D eigenvalue weighted by atomic mass is 32.2. The summed E-state index contributed by atoms with van der Waals surface area (Å²) in [5.74, 6) is 0.153. The van der Waals surface area contributed by atoms with E-state index in [1.807, 2.05) is 12.1 Å². The number of fused-ring (bicyclic) bond motifs is 5. The minimum absolute atomic E-state index is 0.0443. The molecule has 172 valence electrons. The molecule has 5 rings (SSSR count). The van der Waals surface area contributed by atoms with E-state index in [1.165, 1.54) is 4.90 Å². The van der Waals surface area contributed by atoms with E-state index in [2.05, 4.69) is 4.98 Å². The number of aromatic nitrogens is 1. The van der Waals surface area contributed by atoms with E-state index in [9.17, 15) is 26.4 Å². The van der Waals surface area contributed by atoms with Crippen molar-refractivity contribution in [3.8, 4) is 5.88 Å². The number of pyridine rings is 1. The van der Waals surface area contributed by atoms with Crippen LogP contribution >= 0.6 is 0 Å². The predicted octanol–water partition coefficient (Wildman–Crippen LogP) is 1.93. The summed E-state index contributed by atoms with van der Waals surface area (Å²) in [6.07, 6.45) is 4.69. The first-order chi connectivity index (χ1) is 14.7. The van der Waals surface area contributed by atoms with Crippen molar-refractivity contribution >= 4 is 15.9 Å². The summed E-state index contributed by atoms with van der Waals surface area (Å²) in [5, 5.41) is 0. The molecule has 0 radical (unpaired) electrons. The van der Waals surface area contributed by atoms with Crippen LogP contribution in [0.15, 0.2) is 18.3 Å². The molecule has 0 aromatic carbocycles. The first kappa shape index (κ1) is 22.3. The summed E-state index contributed by atoms with van der Waals surface area (Å²) in [6.45, 7) is -0.281. The Morgan fingerprint density at radius 3 is 2.61 bits per heavy atom. The van der Waals surface area contributed by atoms with Crippen LogP contribution in [0.25, 0.3) is 0 Å². The van der Waals surface area contributed by atoms with Gasteiger partial charge in [0.05, 0.1) is 18.8 Å². The van der Waals surface area contributed by atoms with Gasteiger partial charge in [0, 0.05) is 24.3 Å². The Morgan fingerprint density at radius 2 is 1.90 bits per heavy atom. The SMILES string of the molecule is O=C1COc2ncccc2[C@H]2CC[C@H](CC2)OC[C@H]2[C@@H](NS(=O)(=O)C(F)(F)F)CCN12. The number of ether oxygens (including phenoxy) is 2. The molecular formula is C19H24F3N3O5S. The van der Waals surface area contributed by atoms with E-state index in [0.717, 1.165) is 31.2 Å². The van der Waals surface area contributed by atoms with Crippen LogP contribution in [0, 0.1) is 0 Å². The van der Waals surface area contributed by atoms with Gasteiger partial charge in [0.25, 0.3) is 5.91 Å². The molecule has 2 bridgehead atoms. The normalized spacial score (nSPS) is 29.9. The average Bonchev–Trinajstić information content (AvgIpc) is 3.12. The zero-order chi connectivity index (χ0) is 22.2. The van der Waals surface area contributed by atoms with Crippen molar-refractivity contribution in [2.75, 3.05) is 19.8 Å². The van der Waals surface area contributed by atoms with Crippen LogP contribution in [0.5, 0.6) is 5.88 Å². The molecule has 0 unspecified atom stereocenters. The molecule has 1 saturated carbocycles. The van der Waals surface area contributed by atoms with Crippen molar-refractivity contribution in [3.05, 3.63) is 23.9 Å². The van der Waals surface area contributed by atoms with E-state index < -0.39 is 33.5 Å². The van der Waals surface area contributed by atoms with E-state index in [1.54, 1.807) is 10.9 Å². The maximum atomic E-state index is 12.9. The lowest BCUT2D eigenvalue weighted by molar-refractivity contribution is -0.136. The smallest absolute Gasteiger partial charge is 0.467 e.